The first-order valence-electron chi connectivity index (χ1n) is 7.77. The zero-order valence-corrected chi connectivity index (χ0v) is 14.1. The van der Waals surface area contributed by atoms with E-state index < -0.39 is 0 Å². The first-order chi connectivity index (χ1) is 12.2. The molecule has 0 atom stereocenters. The van der Waals surface area contributed by atoms with Crippen LogP contribution in [0.1, 0.15) is 5.56 Å². The molecule has 1 N–H and O–H groups in total. The van der Waals surface area contributed by atoms with Crippen molar-refractivity contribution in [2.75, 3.05) is 5.32 Å². The molecule has 0 radical (unpaired) electrons. The molecule has 3 nitrogen and oxygen atoms in total. The lowest BCUT2D eigenvalue weighted by atomic mass is 10.2. The largest absolute Gasteiger partial charge is 0.457 e. The van der Waals surface area contributed by atoms with E-state index in [1.165, 1.54) is 6.08 Å². The first kappa shape index (κ1) is 16.8. The number of para-hydroxylation sites is 1. The number of rotatable bonds is 5. The van der Waals surface area contributed by atoms with E-state index in [-0.39, 0.29) is 5.91 Å². The smallest absolute Gasteiger partial charge is 0.248 e. The van der Waals surface area contributed by atoms with E-state index in [0.29, 0.717) is 16.5 Å². The Morgan fingerprint density at radius 3 is 2.20 bits per heavy atom. The molecule has 3 aromatic carbocycles. The van der Waals surface area contributed by atoms with Crippen LogP contribution >= 0.6 is 11.6 Å². The van der Waals surface area contributed by atoms with Crippen LogP contribution in [0.2, 0.25) is 5.02 Å². The number of anilines is 1. The molecule has 0 unspecified atom stereocenters. The van der Waals surface area contributed by atoms with Crippen molar-refractivity contribution in [3.05, 3.63) is 95.5 Å². The third-order valence-electron chi connectivity index (χ3n) is 3.42. The van der Waals surface area contributed by atoms with E-state index in [1.54, 1.807) is 36.4 Å². The molecule has 0 saturated carbocycles. The first-order valence-corrected chi connectivity index (χ1v) is 8.15. The van der Waals surface area contributed by atoms with E-state index >= 15 is 0 Å². The number of halogens is 1. The lowest BCUT2D eigenvalue weighted by Gasteiger charge is -2.07. The van der Waals surface area contributed by atoms with Gasteiger partial charge in [-0.2, -0.15) is 0 Å². The fraction of sp³-hybridized carbons (Fsp3) is 0. The normalized spacial score (nSPS) is 10.6. The second-order valence-electron chi connectivity index (χ2n) is 5.28. The second-order valence-corrected chi connectivity index (χ2v) is 5.69. The van der Waals surface area contributed by atoms with Crippen molar-refractivity contribution in [3.8, 4) is 11.5 Å². The van der Waals surface area contributed by atoms with Gasteiger partial charge in [-0.25, -0.2) is 0 Å². The number of nitrogens with one attached hydrogen (secondary N) is 1. The van der Waals surface area contributed by atoms with Gasteiger partial charge >= 0.3 is 0 Å². The zero-order valence-electron chi connectivity index (χ0n) is 13.4. The number of ether oxygens (including phenoxy) is 1. The van der Waals surface area contributed by atoms with Crippen LogP contribution in [0.5, 0.6) is 11.5 Å². The predicted molar refractivity (Wildman–Crippen MR) is 102 cm³/mol. The molecule has 0 aliphatic heterocycles. The molecule has 25 heavy (non-hydrogen) atoms. The molecular weight excluding hydrogens is 334 g/mol. The highest BCUT2D eigenvalue weighted by molar-refractivity contribution is 6.32. The monoisotopic (exact) mass is 349 g/mol. The van der Waals surface area contributed by atoms with Crippen LogP contribution in [0.25, 0.3) is 6.08 Å². The summed E-state index contributed by atoms with van der Waals surface area (Å²) in [5.41, 5.74) is 1.49. The second kappa shape index (κ2) is 8.18. The number of hydrogen-bond donors (Lipinski definition) is 1. The minimum atomic E-state index is -0.225. The molecule has 0 aliphatic rings. The van der Waals surface area contributed by atoms with Crippen LogP contribution in [-0.2, 0) is 4.79 Å². The Morgan fingerprint density at radius 2 is 1.48 bits per heavy atom. The van der Waals surface area contributed by atoms with Crippen molar-refractivity contribution in [2.45, 2.75) is 0 Å². The van der Waals surface area contributed by atoms with Crippen molar-refractivity contribution in [2.24, 2.45) is 0 Å². The Balaban J connectivity index is 1.59. The van der Waals surface area contributed by atoms with E-state index in [4.69, 9.17) is 16.3 Å². The average molecular weight is 350 g/mol. The Labute approximate surface area is 151 Å². The van der Waals surface area contributed by atoms with Gasteiger partial charge in [0.15, 0.2) is 0 Å². The summed E-state index contributed by atoms with van der Waals surface area (Å²) < 4.78 is 5.72. The molecule has 0 bridgehead atoms. The van der Waals surface area contributed by atoms with Crippen molar-refractivity contribution in [1.82, 2.24) is 0 Å². The summed E-state index contributed by atoms with van der Waals surface area (Å²) in [4.78, 5) is 12.0. The quantitative estimate of drug-likeness (QED) is 0.592. The topological polar surface area (TPSA) is 38.3 Å². The molecule has 3 rings (SSSR count). The number of hydrogen-bond acceptors (Lipinski definition) is 2. The van der Waals surface area contributed by atoms with E-state index in [2.05, 4.69) is 5.32 Å². The molecule has 4 heteroatoms. The summed E-state index contributed by atoms with van der Waals surface area (Å²) >= 11 is 6.05. The Hall–Kier alpha value is -3.04. The van der Waals surface area contributed by atoms with Crippen LogP contribution in [0.3, 0.4) is 0 Å². The van der Waals surface area contributed by atoms with E-state index in [9.17, 15) is 4.79 Å². The van der Waals surface area contributed by atoms with E-state index in [1.807, 2.05) is 48.5 Å². The summed E-state index contributed by atoms with van der Waals surface area (Å²) in [5, 5.41) is 3.40. The van der Waals surface area contributed by atoms with Crippen LogP contribution in [0.15, 0.2) is 84.9 Å². The summed E-state index contributed by atoms with van der Waals surface area (Å²) in [6.45, 7) is 0. The van der Waals surface area contributed by atoms with Crippen molar-refractivity contribution < 1.29 is 9.53 Å². The Morgan fingerprint density at radius 1 is 0.840 bits per heavy atom. The number of amides is 1. The van der Waals surface area contributed by atoms with Gasteiger partial charge in [-0.3, -0.25) is 4.79 Å². The van der Waals surface area contributed by atoms with Crippen LogP contribution < -0.4 is 10.1 Å². The molecule has 0 saturated heterocycles. The van der Waals surface area contributed by atoms with Crippen molar-refractivity contribution in [1.29, 1.82) is 0 Å². The fourth-order valence-electron chi connectivity index (χ4n) is 2.19. The summed E-state index contributed by atoms with van der Waals surface area (Å²) in [6.07, 6.45) is 3.14. The van der Waals surface area contributed by atoms with Crippen LogP contribution in [0, 0.1) is 0 Å². The minimum Gasteiger partial charge on any atom is -0.457 e. The number of carbonyl (C=O) groups is 1. The number of benzene rings is 3. The molecule has 0 fully saturated rings. The summed E-state index contributed by atoms with van der Waals surface area (Å²) in [6, 6.07) is 24.1. The van der Waals surface area contributed by atoms with E-state index in [0.717, 1.165) is 11.3 Å². The highest BCUT2D eigenvalue weighted by Crippen LogP contribution is 2.22. The van der Waals surface area contributed by atoms with Gasteiger partial charge in [0.1, 0.15) is 11.5 Å². The standard InChI is InChI=1S/C21H16ClNO2/c22-20-9-5-4-6-16(20)10-15-21(24)23-17-11-13-19(14-12-17)25-18-7-2-1-3-8-18/h1-15H,(H,23,24). The fourth-order valence-corrected chi connectivity index (χ4v) is 2.39. The Kier molecular flexibility index (Phi) is 5.50. The van der Waals surface area contributed by atoms with Gasteiger partial charge < -0.3 is 10.1 Å². The van der Waals surface area contributed by atoms with Crippen molar-refractivity contribution in [3.63, 3.8) is 0 Å². The lowest BCUT2D eigenvalue weighted by Crippen LogP contribution is -2.07. The summed E-state index contributed by atoms with van der Waals surface area (Å²) in [7, 11) is 0. The zero-order chi connectivity index (χ0) is 17.5. The lowest BCUT2D eigenvalue weighted by molar-refractivity contribution is -0.111. The third kappa shape index (κ3) is 4.96. The highest BCUT2D eigenvalue weighted by atomic mass is 35.5. The summed E-state index contributed by atoms with van der Waals surface area (Å²) in [5.74, 6) is 1.24. The van der Waals surface area contributed by atoms with Gasteiger partial charge in [-0.1, -0.05) is 48.0 Å². The average Bonchev–Trinajstić information content (AvgIpc) is 2.64. The minimum absolute atomic E-state index is 0.225. The molecule has 1 amide bonds. The van der Waals surface area contributed by atoms with Gasteiger partial charge in [0.2, 0.25) is 5.91 Å². The molecule has 0 heterocycles. The van der Waals surface area contributed by atoms with Gasteiger partial charge in [0.05, 0.1) is 0 Å². The molecule has 0 aliphatic carbocycles. The maximum atomic E-state index is 12.0. The maximum absolute atomic E-state index is 12.0. The molecule has 3 aromatic rings. The Bertz CT molecular complexity index is 874. The molecule has 0 aromatic heterocycles. The van der Waals surface area contributed by atoms with Gasteiger partial charge in [-0.05, 0) is 54.1 Å². The van der Waals surface area contributed by atoms with Gasteiger partial charge in [0.25, 0.3) is 0 Å². The molecular formula is C21H16ClNO2. The SMILES string of the molecule is O=C(C=Cc1ccccc1Cl)Nc1ccc(Oc2ccccc2)cc1. The third-order valence-corrected chi connectivity index (χ3v) is 3.76. The predicted octanol–water partition coefficient (Wildman–Crippen LogP) is 5.78. The van der Waals surface area contributed by atoms with Gasteiger partial charge in [0, 0.05) is 16.8 Å². The maximum Gasteiger partial charge on any atom is 0.248 e. The molecule has 0 spiro atoms. The van der Waals surface area contributed by atoms with Crippen molar-refractivity contribution >= 4 is 29.3 Å². The molecule has 124 valence electrons. The van der Waals surface area contributed by atoms with Crippen LogP contribution in [-0.4, -0.2) is 5.91 Å². The van der Waals surface area contributed by atoms with Gasteiger partial charge in [-0.15, -0.1) is 0 Å². The number of carbonyl (C=O) groups excluding carboxylic acids is 1. The van der Waals surface area contributed by atoms with Crippen LogP contribution in [0.4, 0.5) is 5.69 Å². The highest BCUT2D eigenvalue weighted by Gasteiger charge is 2.01.